The van der Waals surface area contributed by atoms with Crippen molar-refractivity contribution in [1.82, 2.24) is 4.90 Å². The highest BCUT2D eigenvalue weighted by atomic mass is 16.5. The van der Waals surface area contributed by atoms with Gasteiger partial charge in [-0.15, -0.1) is 0 Å². The van der Waals surface area contributed by atoms with E-state index in [1.807, 2.05) is 25.1 Å². The largest absolute Gasteiger partial charge is 0.489 e. The van der Waals surface area contributed by atoms with Gasteiger partial charge in [0, 0.05) is 12.1 Å². The molecule has 1 fully saturated rings. The van der Waals surface area contributed by atoms with Gasteiger partial charge in [-0.25, -0.2) is 4.79 Å². The number of amides is 1. The molecular weight excluding hydrogens is 334 g/mol. The highest BCUT2D eigenvalue weighted by molar-refractivity contribution is 5.95. The van der Waals surface area contributed by atoms with E-state index in [1.54, 1.807) is 24.3 Å². The van der Waals surface area contributed by atoms with Gasteiger partial charge in [0.25, 0.3) is 5.91 Å². The van der Waals surface area contributed by atoms with Gasteiger partial charge >= 0.3 is 5.97 Å². The fourth-order valence-electron chi connectivity index (χ4n) is 2.85. The Morgan fingerprint density at radius 1 is 1.23 bits per heavy atom. The van der Waals surface area contributed by atoms with E-state index < -0.39 is 12.1 Å². The van der Waals surface area contributed by atoms with E-state index in [2.05, 4.69) is 6.07 Å². The van der Waals surface area contributed by atoms with Gasteiger partial charge in [0.1, 0.15) is 12.4 Å². The number of hydrogen-bond acceptors (Lipinski definition) is 4. The Kier molecular flexibility index (Phi) is 5.53. The quantitative estimate of drug-likeness (QED) is 0.892. The number of ether oxygens (including phenoxy) is 2. The Morgan fingerprint density at radius 3 is 2.81 bits per heavy atom. The van der Waals surface area contributed by atoms with Crippen molar-refractivity contribution >= 4 is 11.9 Å². The van der Waals surface area contributed by atoms with Crippen LogP contribution < -0.4 is 4.74 Å². The van der Waals surface area contributed by atoms with Crippen LogP contribution in [-0.4, -0.2) is 47.7 Å². The Hall–Kier alpha value is -2.86. The van der Waals surface area contributed by atoms with Gasteiger partial charge in [-0.1, -0.05) is 35.9 Å². The third kappa shape index (κ3) is 4.40. The molecule has 1 amide bonds. The lowest BCUT2D eigenvalue weighted by Gasteiger charge is -2.31. The molecule has 1 heterocycles. The van der Waals surface area contributed by atoms with Gasteiger partial charge < -0.3 is 19.5 Å². The molecule has 1 atom stereocenters. The first-order valence-electron chi connectivity index (χ1n) is 8.45. The third-order valence-electron chi connectivity index (χ3n) is 4.20. The Morgan fingerprint density at radius 2 is 2.04 bits per heavy atom. The topological polar surface area (TPSA) is 76.1 Å². The standard InChI is InChI=1S/C20H21NO5/c1-14-4-2-5-15(10-14)13-26-17-7-3-6-16(11-17)19(22)21-8-9-25-18(12-21)20(23)24/h2-7,10-11,18H,8-9,12-13H2,1H3,(H,23,24)/t18-/m0/s1. The molecule has 0 radical (unpaired) electrons. The molecule has 6 nitrogen and oxygen atoms in total. The summed E-state index contributed by atoms with van der Waals surface area (Å²) in [5.41, 5.74) is 2.69. The van der Waals surface area contributed by atoms with Crippen LogP contribution in [0.15, 0.2) is 48.5 Å². The number of aliphatic carboxylic acids is 1. The number of aryl methyl sites for hydroxylation is 1. The van der Waals surface area contributed by atoms with E-state index in [0.29, 0.717) is 24.5 Å². The van der Waals surface area contributed by atoms with Crippen molar-refractivity contribution in [3.8, 4) is 5.75 Å². The highest BCUT2D eigenvalue weighted by Crippen LogP contribution is 2.18. The van der Waals surface area contributed by atoms with E-state index in [0.717, 1.165) is 11.1 Å². The van der Waals surface area contributed by atoms with Crippen molar-refractivity contribution in [3.63, 3.8) is 0 Å². The van der Waals surface area contributed by atoms with Crippen LogP contribution in [0.1, 0.15) is 21.5 Å². The van der Waals surface area contributed by atoms with Gasteiger partial charge in [0.15, 0.2) is 6.10 Å². The zero-order valence-corrected chi connectivity index (χ0v) is 14.6. The summed E-state index contributed by atoms with van der Waals surface area (Å²) in [6.45, 7) is 3.07. The van der Waals surface area contributed by atoms with Crippen LogP contribution >= 0.6 is 0 Å². The smallest absolute Gasteiger partial charge is 0.334 e. The molecule has 0 spiro atoms. The molecule has 1 saturated heterocycles. The average Bonchev–Trinajstić information content (AvgIpc) is 2.66. The first kappa shape index (κ1) is 17.9. The van der Waals surface area contributed by atoms with Crippen molar-refractivity contribution in [3.05, 3.63) is 65.2 Å². The van der Waals surface area contributed by atoms with E-state index >= 15 is 0 Å². The Balaban J connectivity index is 1.66. The minimum atomic E-state index is -1.06. The van der Waals surface area contributed by atoms with Crippen LogP contribution in [0.3, 0.4) is 0 Å². The van der Waals surface area contributed by atoms with Crippen molar-refractivity contribution in [2.75, 3.05) is 19.7 Å². The molecule has 136 valence electrons. The molecule has 1 aliphatic heterocycles. The van der Waals surface area contributed by atoms with Gasteiger partial charge in [0.2, 0.25) is 0 Å². The molecule has 6 heteroatoms. The molecule has 1 N–H and O–H groups in total. The lowest BCUT2D eigenvalue weighted by Crippen LogP contribution is -2.48. The maximum absolute atomic E-state index is 12.7. The van der Waals surface area contributed by atoms with E-state index in [9.17, 15) is 9.59 Å². The SMILES string of the molecule is Cc1cccc(COc2cccc(C(=O)N3CCO[C@H](C(=O)O)C3)c2)c1. The minimum absolute atomic E-state index is 0.0442. The summed E-state index contributed by atoms with van der Waals surface area (Å²) in [6.07, 6.45) is -0.978. The molecule has 0 saturated carbocycles. The molecule has 2 aromatic rings. The van der Waals surface area contributed by atoms with Gasteiger partial charge in [0.05, 0.1) is 13.2 Å². The summed E-state index contributed by atoms with van der Waals surface area (Å²) in [6, 6.07) is 15.0. The van der Waals surface area contributed by atoms with Crippen molar-refractivity contribution in [2.45, 2.75) is 19.6 Å². The number of nitrogens with zero attached hydrogens (tertiary/aromatic N) is 1. The summed E-state index contributed by atoms with van der Waals surface area (Å²) >= 11 is 0. The fourth-order valence-corrected chi connectivity index (χ4v) is 2.85. The number of morpholine rings is 1. The summed E-state index contributed by atoms with van der Waals surface area (Å²) in [5.74, 6) is -0.682. The number of carboxylic acid groups (broad SMARTS) is 1. The van der Waals surface area contributed by atoms with Crippen LogP contribution in [0.5, 0.6) is 5.75 Å². The summed E-state index contributed by atoms with van der Waals surface area (Å²) in [7, 11) is 0. The Bertz CT molecular complexity index is 804. The van der Waals surface area contributed by atoms with Crippen molar-refractivity contribution in [2.24, 2.45) is 0 Å². The zero-order chi connectivity index (χ0) is 18.5. The highest BCUT2D eigenvalue weighted by Gasteiger charge is 2.29. The third-order valence-corrected chi connectivity index (χ3v) is 4.20. The number of benzene rings is 2. The first-order valence-corrected chi connectivity index (χ1v) is 8.45. The maximum atomic E-state index is 12.7. The zero-order valence-electron chi connectivity index (χ0n) is 14.6. The molecule has 3 rings (SSSR count). The maximum Gasteiger partial charge on any atom is 0.334 e. The second-order valence-electron chi connectivity index (χ2n) is 6.25. The van der Waals surface area contributed by atoms with Crippen molar-refractivity contribution < 1.29 is 24.2 Å². The first-order chi connectivity index (χ1) is 12.5. The van der Waals surface area contributed by atoms with Crippen molar-refractivity contribution in [1.29, 1.82) is 0 Å². The number of hydrogen-bond donors (Lipinski definition) is 1. The molecule has 2 aromatic carbocycles. The minimum Gasteiger partial charge on any atom is -0.489 e. The van der Waals surface area contributed by atoms with Crippen LogP contribution in [0.25, 0.3) is 0 Å². The molecule has 1 aliphatic rings. The number of carbonyl (C=O) groups excluding carboxylic acids is 1. The van der Waals surface area contributed by atoms with E-state index in [1.165, 1.54) is 4.90 Å². The number of rotatable bonds is 5. The molecule has 0 bridgehead atoms. The molecule has 0 aliphatic carbocycles. The lowest BCUT2D eigenvalue weighted by molar-refractivity contribution is -0.154. The van der Waals surface area contributed by atoms with Crippen LogP contribution in [0.2, 0.25) is 0 Å². The number of carbonyl (C=O) groups is 2. The summed E-state index contributed by atoms with van der Waals surface area (Å²) in [5, 5.41) is 9.07. The molecule has 26 heavy (non-hydrogen) atoms. The fraction of sp³-hybridized carbons (Fsp3) is 0.300. The van der Waals surface area contributed by atoms with Gasteiger partial charge in [-0.3, -0.25) is 4.79 Å². The second-order valence-corrected chi connectivity index (χ2v) is 6.25. The van der Waals surface area contributed by atoms with E-state index in [4.69, 9.17) is 14.6 Å². The molecule has 0 aromatic heterocycles. The van der Waals surface area contributed by atoms with Crippen LogP contribution in [-0.2, 0) is 16.1 Å². The van der Waals surface area contributed by atoms with Crippen LogP contribution in [0, 0.1) is 6.92 Å². The van der Waals surface area contributed by atoms with Gasteiger partial charge in [-0.05, 0) is 30.7 Å². The Labute approximate surface area is 152 Å². The normalized spacial score (nSPS) is 17.0. The second kappa shape index (κ2) is 8.01. The predicted octanol–water partition coefficient (Wildman–Crippen LogP) is 2.50. The molecular formula is C20H21NO5. The monoisotopic (exact) mass is 355 g/mol. The van der Waals surface area contributed by atoms with Crippen LogP contribution in [0.4, 0.5) is 0 Å². The predicted molar refractivity (Wildman–Crippen MR) is 95.2 cm³/mol. The lowest BCUT2D eigenvalue weighted by atomic mass is 10.1. The van der Waals surface area contributed by atoms with Gasteiger partial charge in [-0.2, -0.15) is 0 Å². The summed E-state index contributed by atoms with van der Waals surface area (Å²) < 4.78 is 11.0. The van der Waals surface area contributed by atoms with E-state index in [-0.39, 0.29) is 19.1 Å². The number of carboxylic acids is 1. The summed E-state index contributed by atoms with van der Waals surface area (Å²) in [4.78, 5) is 25.2. The molecule has 0 unspecified atom stereocenters. The average molecular weight is 355 g/mol.